The number of likely N-dealkylation sites (N-methyl/N-ethyl adjacent to an activating group) is 1. The van der Waals surface area contributed by atoms with Crippen molar-refractivity contribution in [1.82, 2.24) is 19.7 Å². The average Bonchev–Trinajstić information content (AvgIpc) is 3.40. The molecule has 218 valence electrons. The highest BCUT2D eigenvalue weighted by atomic mass is 35.5. The van der Waals surface area contributed by atoms with E-state index in [1.165, 1.54) is 6.07 Å². The van der Waals surface area contributed by atoms with E-state index in [9.17, 15) is 22.4 Å². The summed E-state index contributed by atoms with van der Waals surface area (Å²) in [6.07, 6.45) is -3.02. The number of nitrogens with zero attached hydrogens (tertiary/aromatic N) is 5. The molecule has 0 saturated carbocycles. The minimum atomic E-state index is -4.76. The molecule has 0 radical (unpaired) electrons. The van der Waals surface area contributed by atoms with Crippen molar-refractivity contribution in [2.45, 2.75) is 24.7 Å². The van der Waals surface area contributed by atoms with Crippen LogP contribution >= 0.6 is 23.2 Å². The number of likely N-dealkylation sites (tertiary alicyclic amines) is 1. The first-order valence-electron chi connectivity index (χ1n) is 13.2. The van der Waals surface area contributed by atoms with Gasteiger partial charge in [-0.2, -0.15) is 13.2 Å². The molecule has 3 heterocycles. The van der Waals surface area contributed by atoms with Crippen molar-refractivity contribution in [2.24, 2.45) is 0 Å². The molecule has 2 atom stereocenters. The number of pyridine rings is 1. The van der Waals surface area contributed by atoms with Crippen LogP contribution in [0.1, 0.15) is 22.6 Å². The standard InChI is InChI=1S/C29H29Cl2F4N5O/c1-37(16-19-5-7-22(25(32)14-19)29(33,34)35)26-18-40(17-21(26)20-6-8-23(30)24(31)15-20)28(41)39-12-10-38(11-13-39)27-4-2-3-9-36-27/h2-9,14-15,21,26H,10-13,16-18H2,1H3/t21-,26?/m1/s1. The Labute approximate surface area is 246 Å². The Balaban J connectivity index is 1.32. The molecule has 2 aliphatic rings. The van der Waals surface area contributed by atoms with Gasteiger partial charge in [0.15, 0.2) is 0 Å². The topological polar surface area (TPSA) is 42.9 Å². The zero-order valence-corrected chi connectivity index (χ0v) is 23.8. The van der Waals surface area contributed by atoms with Gasteiger partial charge in [0.05, 0.1) is 15.6 Å². The van der Waals surface area contributed by atoms with Crippen LogP contribution in [0.5, 0.6) is 0 Å². The molecule has 0 N–H and O–H groups in total. The third-order valence-corrected chi connectivity index (χ3v) is 8.53. The van der Waals surface area contributed by atoms with Crippen molar-refractivity contribution in [1.29, 1.82) is 0 Å². The molecule has 5 rings (SSSR count). The highest BCUT2D eigenvalue weighted by molar-refractivity contribution is 6.42. The smallest absolute Gasteiger partial charge is 0.353 e. The summed E-state index contributed by atoms with van der Waals surface area (Å²) in [5, 5.41) is 0.808. The Kier molecular flexibility index (Phi) is 8.63. The van der Waals surface area contributed by atoms with E-state index in [1.54, 1.807) is 23.2 Å². The molecule has 1 unspecified atom stereocenters. The fourth-order valence-electron chi connectivity index (χ4n) is 5.62. The van der Waals surface area contributed by atoms with Crippen molar-refractivity contribution in [3.8, 4) is 0 Å². The Hall–Kier alpha value is -3.08. The number of carbonyl (C=O) groups excluding carboxylic acids is 1. The van der Waals surface area contributed by atoms with Crippen LogP contribution in [-0.4, -0.2) is 78.1 Å². The average molecular weight is 610 g/mol. The number of carbonyl (C=O) groups is 1. The molecule has 2 aliphatic heterocycles. The summed E-state index contributed by atoms with van der Waals surface area (Å²) in [4.78, 5) is 25.8. The van der Waals surface area contributed by atoms with E-state index in [-0.39, 0.29) is 24.5 Å². The number of benzene rings is 2. The molecule has 1 aromatic heterocycles. The summed E-state index contributed by atoms with van der Waals surface area (Å²) < 4.78 is 53.4. The van der Waals surface area contributed by atoms with Gasteiger partial charge in [0.25, 0.3) is 0 Å². The van der Waals surface area contributed by atoms with Crippen LogP contribution in [0.25, 0.3) is 0 Å². The molecule has 12 heteroatoms. The highest BCUT2D eigenvalue weighted by Crippen LogP contribution is 2.36. The van der Waals surface area contributed by atoms with Gasteiger partial charge in [-0.05, 0) is 54.6 Å². The molecule has 2 fully saturated rings. The molecule has 0 aliphatic carbocycles. The molecular formula is C29H29Cl2F4N5O. The van der Waals surface area contributed by atoms with Crippen LogP contribution in [0.4, 0.5) is 28.2 Å². The van der Waals surface area contributed by atoms with Crippen LogP contribution in [0, 0.1) is 5.82 Å². The lowest BCUT2D eigenvalue weighted by atomic mass is 9.93. The SMILES string of the molecule is CN(Cc1ccc(C(F)(F)F)c(F)c1)C1CN(C(=O)N2CCN(c3ccccn3)CC2)C[C@@H]1c1ccc(Cl)c(Cl)c1. The molecule has 3 aromatic rings. The molecule has 6 nitrogen and oxygen atoms in total. The molecule has 2 amide bonds. The second kappa shape index (κ2) is 12.0. The zero-order chi connectivity index (χ0) is 29.3. The quantitative estimate of drug-likeness (QED) is 0.315. The van der Waals surface area contributed by atoms with E-state index < -0.39 is 17.6 Å². The lowest BCUT2D eigenvalue weighted by molar-refractivity contribution is -0.140. The number of urea groups is 1. The second-order valence-corrected chi connectivity index (χ2v) is 11.2. The first-order chi connectivity index (χ1) is 19.5. The summed E-state index contributed by atoms with van der Waals surface area (Å²) >= 11 is 12.5. The number of aromatic nitrogens is 1. The van der Waals surface area contributed by atoms with E-state index in [1.807, 2.05) is 41.1 Å². The number of rotatable bonds is 5. The normalized spacial score (nSPS) is 19.8. The maximum Gasteiger partial charge on any atom is 0.419 e. The molecule has 0 spiro atoms. The van der Waals surface area contributed by atoms with Crippen molar-refractivity contribution in [2.75, 3.05) is 51.2 Å². The van der Waals surface area contributed by atoms with Crippen LogP contribution in [-0.2, 0) is 12.7 Å². The number of piperazine rings is 1. The number of hydrogen-bond donors (Lipinski definition) is 0. The van der Waals surface area contributed by atoms with Crippen molar-refractivity contribution >= 4 is 35.1 Å². The fourth-order valence-corrected chi connectivity index (χ4v) is 5.93. The van der Waals surface area contributed by atoms with Crippen LogP contribution in [0.15, 0.2) is 60.8 Å². The Bertz CT molecular complexity index is 1390. The number of alkyl halides is 3. The van der Waals surface area contributed by atoms with Gasteiger partial charge in [0, 0.05) is 64.0 Å². The van der Waals surface area contributed by atoms with Crippen molar-refractivity contribution in [3.05, 3.63) is 93.3 Å². The monoisotopic (exact) mass is 609 g/mol. The van der Waals surface area contributed by atoms with Gasteiger partial charge in [-0.25, -0.2) is 14.2 Å². The van der Waals surface area contributed by atoms with E-state index in [4.69, 9.17) is 23.2 Å². The van der Waals surface area contributed by atoms with Crippen molar-refractivity contribution < 1.29 is 22.4 Å². The fraction of sp³-hybridized carbons (Fsp3) is 0.379. The molecule has 41 heavy (non-hydrogen) atoms. The Morgan fingerprint density at radius 2 is 1.73 bits per heavy atom. The maximum atomic E-state index is 14.3. The van der Waals surface area contributed by atoms with Crippen LogP contribution < -0.4 is 4.90 Å². The van der Waals surface area contributed by atoms with E-state index in [0.717, 1.165) is 23.5 Å². The zero-order valence-electron chi connectivity index (χ0n) is 22.3. The third kappa shape index (κ3) is 6.55. The summed E-state index contributed by atoms with van der Waals surface area (Å²) in [6.45, 7) is 3.44. The largest absolute Gasteiger partial charge is 0.419 e. The second-order valence-electron chi connectivity index (χ2n) is 10.4. The first-order valence-corrected chi connectivity index (χ1v) is 14.0. The minimum absolute atomic E-state index is 0.0767. The summed E-state index contributed by atoms with van der Waals surface area (Å²) in [5.74, 6) is -0.577. The van der Waals surface area contributed by atoms with Gasteiger partial charge in [0.1, 0.15) is 11.6 Å². The molecule has 0 bridgehead atoms. The molecular weight excluding hydrogens is 581 g/mol. The first kappa shape index (κ1) is 29.4. The summed E-state index contributed by atoms with van der Waals surface area (Å²) in [6, 6.07) is 13.8. The third-order valence-electron chi connectivity index (χ3n) is 7.79. The lowest BCUT2D eigenvalue weighted by Crippen LogP contribution is -2.53. The van der Waals surface area contributed by atoms with E-state index in [0.29, 0.717) is 54.9 Å². The van der Waals surface area contributed by atoms with Crippen LogP contribution in [0.2, 0.25) is 10.0 Å². The van der Waals surface area contributed by atoms with Gasteiger partial charge < -0.3 is 14.7 Å². The van der Waals surface area contributed by atoms with Gasteiger partial charge in [-0.1, -0.05) is 41.4 Å². The Morgan fingerprint density at radius 3 is 2.37 bits per heavy atom. The number of halogens is 6. The van der Waals surface area contributed by atoms with Crippen molar-refractivity contribution in [3.63, 3.8) is 0 Å². The van der Waals surface area contributed by atoms with Gasteiger partial charge in [0.2, 0.25) is 0 Å². The highest BCUT2D eigenvalue weighted by Gasteiger charge is 2.41. The minimum Gasteiger partial charge on any atom is -0.353 e. The van der Waals surface area contributed by atoms with E-state index >= 15 is 0 Å². The number of anilines is 1. The molecule has 2 aromatic carbocycles. The van der Waals surface area contributed by atoms with Gasteiger partial charge >= 0.3 is 12.2 Å². The summed E-state index contributed by atoms with van der Waals surface area (Å²) in [7, 11) is 1.82. The summed E-state index contributed by atoms with van der Waals surface area (Å²) in [5.41, 5.74) is 0.00444. The number of amides is 2. The predicted molar refractivity (Wildman–Crippen MR) is 151 cm³/mol. The molecule has 2 saturated heterocycles. The Morgan fingerprint density at radius 1 is 0.976 bits per heavy atom. The van der Waals surface area contributed by atoms with Gasteiger partial charge in [-0.3, -0.25) is 4.90 Å². The van der Waals surface area contributed by atoms with Crippen LogP contribution in [0.3, 0.4) is 0 Å². The van der Waals surface area contributed by atoms with Gasteiger partial charge in [-0.15, -0.1) is 0 Å². The van der Waals surface area contributed by atoms with E-state index in [2.05, 4.69) is 9.88 Å². The maximum absolute atomic E-state index is 14.3. The predicted octanol–water partition coefficient (Wildman–Crippen LogP) is 6.39. The lowest BCUT2D eigenvalue weighted by Gasteiger charge is -2.37. The number of hydrogen-bond acceptors (Lipinski definition) is 4.